The van der Waals surface area contributed by atoms with Crippen molar-refractivity contribution in [3.8, 4) is 6.19 Å². The summed E-state index contributed by atoms with van der Waals surface area (Å²) in [5, 5.41) is 20.6. The van der Waals surface area contributed by atoms with E-state index in [2.05, 4.69) is 20.7 Å². The van der Waals surface area contributed by atoms with E-state index in [0.717, 1.165) is 23.8 Å². The molecular formula is C27H32F2N6O2S. The van der Waals surface area contributed by atoms with Crippen molar-refractivity contribution in [2.75, 3.05) is 20.7 Å². The number of nitriles is 1. The number of thioether (sulfide) groups is 1. The number of rotatable bonds is 8. The summed E-state index contributed by atoms with van der Waals surface area (Å²) in [5.74, 6) is -1.32. The molecule has 0 spiro atoms. The zero-order valence-electron chi connectivity index (χ0n) is 22.1. The molecule has 0 saturated carbocycles. The van der Waals surface area contributed by atoms with E-state index < -0.39 is 33.9 Å². The highest BCUT2D eigenvalue weighted by Crippen LogP contribution is 2.51. The van der Waals surface area contributed by atoms with Crippen LogP contribution in [0.3, 0.4) is 0 Å². The molecule has 8 nitrogen and oxygen atoms in total. The summed E-state index contributed by atoms with van der Waals surface area (Å²) in [5.41, 5.74) is 0.197. The summed E-state index contributed by atoms with van der Waals surface area (Å²) in [7, 11) is 3.02. The number of halogens is 2. The zero-order chi connectivity index (χ0) is 27.9. The largest absolute Gasteiger partial charge is 0.371 e. The van der Waals surface area contributed by atoms with Crippen molar-refractivity contribution in [3.05, 3.63) is 71.3 Å². The van der Waals surface area contributed by atoms with Gasteiger partial charge in [-0.2, -0.15) is 10.4 Å². The van der Waals surface area contributed by atoms with Crippen molar-refractivity contribution in [3.63, 3.8) is 0 Å². The van der Waals surface area contributed by atoms with Crippen molar-refractivity contribution in [2.45, 2.75) is 44.6 Å². The Kier molecular flexibility index (Phi) is 9.46. The quantitative estimate of drug-likeness (QED) is 0.167. The zero-order valence-corrected chi connectivity index (χ0v) is 22.9. The van der Waals surface area contributed by atoms with Gasteiger partial charge in [0.05, 0.1) is 0 Å². The van der Waals surface area contributed by atoms with E-state index in [9.17, 15) is 13.6 Å². The van der Waals surface area contributed by atoms with Gasteiger partial charge in [0, 0.05) is 26.3 Å². The van der Waals surface area contributed by atoms with Crippen LogP contribution in [0.2, 0.25) is 0 Å². The highest BCUT2D eigenvalue weighted by molar-refractivity contribution is 8.15. The summed E-state index contributed by atoms with van der Waals surface area (Å²) >= 11 is 1.20. The molecule has 0 radical (unpaired) electrons. The highest BCUT2D eigenvalue weighted by Gasteiger charge is 2.51. The number of ether oxygens (including phenoxy) is 1. The van der Waals surface area contributed by atoms with Gasteiger partial charge in [-0.25, -0.2) is 13.8 Å². The first-order valence-electron chi connectivity index (χ1n) is 12.1. The summed E-state index contributed by atoms with van der Waals surface area (Å²) in [6.45, 7) is 6.10. The van der Waals surface area contributed by atoms with Crippen molar-refractivity contribution in [1.82, 2.24) is 15.6 Å². The van der Waals surface area contributed by atoms with E-state index in [1.54, 1.807) is 7.05 Å². The average Bonchev–Trinajstić information content (AvgIpc) is 3.28. The maximum atomic E-state index is 14.9. The second-order valence-electron chi connectivity index (χ2n) is 9.75. The van der Waals surface area contributed by atoms with Crippen LogP contribution >= 0.6 is 11.8 Å². The maximum absolute atomic E-state index is 14.9. The number of guanidine groups is 1. The van der Waals surface area contributed by atoms with E-state index in [0.29, 0.717) is 25.3 Å². The summed E-state index contributed by atoms with van der Waals surface area (Å²) in [6, 6.07) is 12.5. The second-order valence-corrected chi connectivity index (χ2v) is 11.0. The average molecular weight is 543 g/mol. The van der Waals surface area contributed by atoms with Gasteiger partial charge in [0.15, 0.2) is 6.19 Å². The minimum absolute atomic E-state index is 0.0212. The van der Waals surface area contributed by atoms with Gasteiger partial charge >= 0.3 is 0 Å². The van der Waals surface area contributed by atoms with Gasteiger partial charge in [0.25, 0.3) is 5.91 Å². The Morgan fingerprint density at radius 3 is 2.58 bits per heavy atom. The number of aliphatic imine (C=N–C) groups is 1. The van der Waals surface area contributed by atoms with E-state index in [1.165, 1.54) is 23.9 Å². The Bertz CT molecular complexity index is 1240. The van der Waals surface area contributed by atoms with Crippen LogP contribution in [0.1, 0.15) is 44.7 Å². The third kappa shape index (κ3) is 6.31. The van der Waals surface area contributed by atoms with Gasteiger partial charge in [0.2, 0.25) is 5.96 Å². The molecule has 1 amide bonds. The lowest BCUT2D eigenvalue weighted by Crippen LogP contribution is -2.50. The van der Waals surface area contributed by atoms with Crippen LogP contribution in [0.15, 0.2) is 58.6 Å². The van der Waals surface area contributed by atoms with Crippen LogP contribution < -0.4 is 10.6 Å². The summed E-state index contributed by atoms with van der Waals surface area (Å²) in [4.78, 5) is 17.0. The van der Waals surface area contributed by atoms with E-state index >= 15 is 0 Å². The maximum Gasteiger partial charge on any atom is 0.274 e. The first-order chi connectivity index (χ1) is 18.1. The fourth-order valence-corrected chi connectivity index (χ4v) is 5.70. The van der Waals surface area contributed by atoms with Gasteiger partial charge < -0.3 is 10.1 Å². The van der Waals surface area contributed by atoms with E-state index in [4.69, 9.17) is 10.00 Å². The Morgan fingerprint density at radius 1 is 1.26 bits per heavy atom. The van der Waals surface area contributed by atoms with Crippen LogP contribution in [0, 0.1) is 28.5 Å². The number of carbonyl (C=O) groups excluding carboxylic acids is 1. The van der Waals surface area contributed by atoms with Crippen LogP contribution in [0.25, 0.3) is 0 Å². The normalized spacial score (nSPS) is 18.5. The van der Waals surface area contributed by atoms with Crippen LogP contribution in [-0.4, -0.2) is 48.7 Å². The number of amides is 1. The molecule has 3 rings (SSSR count). The molecular weight excluding hydrogens is 510 g/mol. The number of carbonyl (C=O) groups is 1. The highest BCUT2D eigenvalue weighted by atomic mass is 32.2. The number of nitrogens with zero attached hydrogens (tertiary/aromatic N) is 4. The number of hydrogen-bond donors (Lipinski definition) is 2. The fourth-order valence-electron chi connectivity index (χ4n) is 4.28. The van der Waals surface area contributed by atoms with Gasteiger partial charge in [0.1, 0.15) is 27.7 Å². The summed E-state index contributed by atoms with van der Waals surface area (Å²) < 4.78 is 34.7. The number of hydrogen-bond acceptors (Lipinski definition) is 6. The van der Waals surface area contributed by atoms with Crippen LogP contribution in [-0.2, 0) is 14.4 Å². The molecule has 202 valence electrons. The molecule has 1 aliphatic heterocycles. The molecule has 1 aliphatic rings. The molecule has 2 aromatic carbocycles. The Hall–Kier alpha value is -3.49. The lowest BCUT2D eigenvalue weighted by molar-refractivity contribution is -0.152. The third-order valence-corrected chi connectivity index (χ3v) is 7.47. The number of methoxy groups -OCH3 is 1. The monoisotopic (exact) mass is 542 g/mol. The molecule has 2 atom stereocenters. The molecule has 0 aliphatic carbocycles. The molecule has 11 heteroatoms. The number of nitrogens with one attached hydrogen (secondary N) is 2. The van der Waals surface area contributed by atoms with Crippen LogP contribution in [0.4, 0.5) is 8.78 Å². The van der Waals surface area contributed by atoms with Crippen molar-refractivity contribution in [2.24, 2.45) is 15.5 Å². The minimum atomic E-state index is -1.07. The topological polar surface area (TPSA) is 102 Å². The van der Waals surface area contributed by atoms with Gasteiger partial charge in [-0.05, 0) is 42.0 Å². The fraction of sp³-hybridized carbons (Fsp3) is 0.407. The molecule has 0 fully saturated rings. The van der Waals surface area contributed by atoms with Gasteiger partial charge in [-0.3, -0.25) is 15.1 Å². The van der Waals surface area contributed by atoms with E-state index in [1.807, 2.05) is 57.3 Å². The number of hydrazone groups is 1. The van der Waals surface area contributed by atoms with Crippen molar-refractivity contribution >= 4 is 28.7 Å². The molecule has 0 saturated heterocycles. The molecule has 0 bridgehead atoms. The second kappa shape index (κ2) is 12.4. The molecule has 1 unspecified atom stereocenters. The molecule has 0 aromatic heterocycles. The Morgan fingerprint density at radius 2 is 1.97 bits per heavy atom. The van der Waals surface area contributed by atoms with Crippen molar-refractivity contribution < 1.29 is 18.3 Å². The van der Waals surface area contributed by atoms with Gasteiger partial charge in [-0.15, -0.1) is 0 Å². The first-order valence-corrected chi connectivity index (χ1v) is 12.9. The SMILES string of the molecule is CN=C(NC#N)NCCCC1(c2ccccc2)SC(c2cc(F)ccc2F)=NN1C(=O)[C@@H](OC)C(C)(C)C. The molecule has 1 heterocycles. The molecule has 2 N–H and O–H groups in total. The lowest BCUT2D eigenvalue weighted by Gasteiger charge is -2.39. The number of benzene rings is 2. The Balaban J connectivity index is 2.09. The molecule has 2 aromatic rings. The summed E-state index contributed by atoms with van der Waals surface area (Å²) in [6.07, 6.45) is 1.90. The Labute approximate surface area is 226 Å². The third-order valence-electron chi connectivity index (χ3n) is 6.02. The lowest BCUT2D eigenvalue weighted by atomic mass is 9.87. The standard InChI is InChI=1S/C27H32F2N6O2S/c1-26(2,3)22(37-5)24(36)35-27(18-10-7-6-8-11-18,14-9-15-32-25(31-4)33-17-30)38-23(34-35)20-16-19(28)12-13-21(20)29/h6-8,10-13,16,22H,9,14-15H2,1-5H3,(H2,31,32,33)/t22-,27?/m1/s1. The molecule has 38 heavy (non-hydrogen) atoms. The predicted octanol–water partition coefficient (Wildman–Crippen LogP) is 4.54. The first kappa shape index (κ1) is 29.1. The van der Waals surface area contributed by atoms with Gasteiger partial charge in [-0.1, -0.05) is 62.9 Å². The van der Waals surface area contributed by atoms with E-state index in [-0.39, 0.29) is 10.6 Å². The van der Waals surface area contributed by atoms with Crippen LogP contribution in [0.5, 0.6) is 0 Å². The smallest absolute Gasteiger partial charge is 0.274 e. The predicted molar refractivity (Wildman–Crippen MR) is 145 cm³/mol. The van der Waals surface area contributed by atoms with Crippen molar-refractivity contribution in [1.29, 1.82) is 5.26 Å². The minimum Gasteiger partial charge on any atom is -0.371 e.